The average Bonchev–Trinajstić information content (AvgIpc) is 2.92. The Morgan fingerprint density at radius 3 is 2.57 bits per heavy atom. The molecule has 1 amide bonds. The van der Waals surface area contributed by atoms with Crippen molar-refractivity contribution < 1.29 is 28.9 Å². The zero-order valence-electron chi connectivity index (χ0n) is 15.2. The molecule has 1 saturated heterocycles. The lowest BCUT2D eigenvalue weighted by Gasteiger charge is -2.17. The second-order valence-electron chi connectivity index (χ2n) is 6.41. The maximum Gasteiger partial charge on any atom is 0.351 e. The Balaban J connectivity index is 1.73. The summed E-state index contributed by atoms with van der Waals surface area (Å²) in [4.78, 5) is 27.8. The van der Waals surface area contributed by atoms with Crippen molar-refractivity contribution in [2.45, 2.75) is 37.9 Å². The number of aromatic nitrogens is 2. The van der Waals surface area contributed by atoms with Crippen LogP contribution in [0.25, 0.3) is 0 Å². The van der Waals surface area contributed by atoms with Gasteiger partial charge >= 0.3 is 5.69 Å². The van der Waals surface area contributed by atoms with Gasteiger partial charge in [0, 0.05) is 0 Å². The maximum atomic E-state index is 14.3. The van der Waals surface area contributed by atoms with Crippen LogP contribution < -0.4 is 15.7 Å². The molecule has 1 aromatic heterocycles. The summed E-state index contributed by atoms with van der Waals surface area (Å²) < 4.78 is 25.4. The largest absolute Gasteiger partial charge is 0.497 e. The summed E-state index contributed by atoms with van der Waals surface area (Å²) in [5.74, 6) is -1.43. The fourth-order valence-electron chi connectivity index (χ4n) is 2.88. The Labute approximate surface area is 159 Å². The molecule has 1 aliphatic rings. The Morgan fingerprint density at radius 1 is 1.32 bits per heavy atom. The fourth-order valence-corrected chi connectivity index (χ4v) is 2.88. The van der Waals surface area contributed by atoms with E-state index in [1.54, 1.807) is 24.3 Å². The minimum Gasteiger partial charge on any atom is -0.497 e. The quantitative estimate of drug-likeness (QED) is 0.664. The van der Waals surface area contributed by atoms with Crippen LogP contribution in [0.5, 0.6) is 5.75 Å². The molecular formula is C18H20FN3O6. The van der Waals surface area contributed by atoms with E-state index in [1.807, 2.05) is 0 Å². The molecule has 1 aromatic carbocycles. The number of nitrogens with zero attached hydrogens (tertiary/aromatic N) is 2. The zero-order chi connectivity index (χ0) is 20.4. The van der Waals surface area contributed by atoms with Crippen LogP contribution in [0, 0.1) is 5.82 Å². The number of ether oxygens (including phenoxy) is 2. The van der Waals surface area contributed by atoms with Gasteiger partial charge in [-0.15, -0.1) is 0 Å². The molecule has 0 unspecified atom stereocenters. The SMILES string of the molecule is COc1ccc(CC(=O)Nc2nc(=O)n([C@@H]3O[C@H](C)[C@@H](O)[C@H]3O)cc2F)cc1. The Kier molecular flexibility index (Phi) is 5.73. The molecular weight excluding hydrogens is 373 g/mol. The molecule has 150 valence electrons. The van der Waals surface area contributed by atoms with E-state index >= 15 is 0 Å². The first kappa shape index (κ1) is 19.9. The number of aliphatic hydroxyl groups is 2. The van der Waals surface area contributed by atoms with E-state index in [2.05, 4.69) is 10.3 Å². The third-order valence-electron chi connectivity index (χ3n) is 4.44. The number of nitrogens with one attached hydrogen (secondary N) is 1. The van der Waals surface area contributed by atoms with Crippen molar-refractivity contribution in [2.75, 3.05) is 12.4 Å². The number of carbonyl (C=O) groups excluding carboxylic acids is 1. The first-order chi connectivity index (χ1) is 13.3. The molecule has 4 atom stereocenters. The molecule has 28 heavy (non-hydrogen) atoms. The second-order valence-corrected chi connectivity index (χ2v) is 6.41. The molecule has 0 saturated carbocycles. The van der Waals surface area contributed by atoms with Gasteiger partial charge < -0.3 is 25.0 Å². The standard InChI is InChI=1S/C18H20FN3O6/c1-9-14(24)15(25)17(28-9)22-8-12(19)16(21-18(22)26)20-13(23)7-10-3-5-11(27-2)6-4-10/h3-6,8-9,14-15,17,24-25H,7H2,1-2H3,(H,20,21,23,26)/t9-,14-,15-,17-/m1/s1. The van der Waals surface area contributed by atoms with Gasteiger partial charge in [-0.3, -0.25) is 9.36 Å². The number of aliphatic hydroxyl groups excluding tert-OH is 2. The topological polar surface area (TPSA) is 123 Å². The minimum atomic E-state index is -1.41. The van der Waals surface area contributed by atoms with Gasteiger partial charge in [0.2, 0.25) is 5.91 Å². The molecule has 3 N–H and O–H groups in total. The lowest BCUT2D eigenvalue weighted by atomic mass is 10.1. The first-order valence-electron chi connectivity index (χ1n) is 8.53. The van der Waals surface area contributed by atoms with Gasteiger partial charge in [0.15, 0.2) is 17.9 Å². The second kappa shape index (κ2) is 8.05. The molecule has 0 aliphatic carbocycles. The van der Waals surface area contributed by atoms with Gasteiger partial charge in [-0.25, -0.2) is 9.18 Å². The summed E-state index contributed by atoms with van der Waals surface area (Å²) in [7, 11) is 1.52. The molecule has 2 heterocycles. The summed E-state index contributed by atoms with van der Waals surface area (Å²) in [6.45, 7) is 1.51. The highest BCUT2D eigenvalue weighted by atomic mass is 19.1. The zero-order valence-corrected chi connectivity index (χ0v) is 15.2. The van der Waals surface area contributed by atoms with Crippen LogP contribution in [0.1, 0.15) is 18.7 Å². The highest BCUT2D eigenvalue weighted by Gasteiger charge is 2.42. The number of hydrogen-bond acceptors (Lipinski definition) is 7. The molecule has 1 aliphatic heterocycles. The van der Waals surface area contributed by atoms with Gasteiger partial charge in [0.05, 0.1) is 25.8 Å². The van der Waals surface area contributed by atoms with Gasteiger partial charge in [0.25, 0.3) is 0 Å². The van der Waals surface area contributed by atoms with Crippen LogP contribution in [0.3, 0.4) is 0 Å². The van der Waals surface area contributed by atoms with E-state index in [4.69, 9.17) is 9.47 Å². The number of hydrogen-bond donors (Lipinski definition) is 3. The maximum absolute atomic E-state index is 14.3. The van der Waals surface area contributed by atoms with E-state index in [9.17, 15) is 24.2 Å². The number of rotatable bonds is 5. The predicted octanol–water partition coefficient (Wildman–Crippen LogP) is 0.211. The third-order valence-corrected chi connectivity index (χ3v) is 4.44. The third kappa shape index (κ3) is 4.03. The molecule has 0 spiro atoms. The highest BCUT2D eigenvalue weighted by molar-refractivity contribution is 5.91. The predicted molar refractivity (Wildman–Crippen MR) is 95.4 cm³/mol. The van der Waals surface area contributed by atoms with Crippen molar-refractivity contribution in [1.82, 2.24) is 9.55 Å². The summed E-state index contributed by atoms with van der Waals surface area (Å²) in [5.41, 5.74) is -0.274. The molecule has 10 heteroatoms. The number of amides is 1. The van der Waals surface area contributed by atoms with Crippen LogP contribution in [0.4, 0.5) is 10.2 Å². The van der Waals surface area contributed by atoms with Gasteiger partial charge in [-0.1, -0.05) is 12.1 Å². The molecule has 3 rings (SSSR count). The summed E-state index contributed by atoms with van der Waals surface area (Å²) >= 11 is 0. The highest BCUT2D eigenvalue weighted by Crippen LogP contribution is 2.28. The van der Waals surface area contributed by atoms with Gasteiger partial charge in [0.1, 0.15) is 18.0 Å². The number of halogens is 1. The van der Waals surface area contributed by atoms with Crippen LogP contribution in [0.2, 0.25) is 0 Å². The van der Waals surface area contributed by atoms with Crippen molar-refractivity contribution in [3.63, 3.8) is 0 Å². The van der Waals surface area contributed by atoms with Crippen LogP contribution >= 0.6 is 0 Å². The van der Waals surface area contributed by atoms with E-state index in [-0.39, 0.29) is 6.42 Å². The van der Waals surface area contributed by atoms with Gasteiger partial charge in [-0.2, -0.15) is 4.98 Å². The monoisotopic (exact) mass is 393 g/mol. The minimum absolute atomic E-state index is 0.0532. The number of carbonyl (C=O) groups is 1. The van der Waals surface area contributed by atoms with E-state index < -0.39 is 47.8 Å². The van der Waals surface area contributed by atoms with Crippen molar-refractivity contribution in [3.05, 3.63) is 52.3 Å². The Bertz CT molecular complexity index is 917. The lowest BCUT2D eigenvalue weighted by Crippen LogP contribution is -2.36. The van der Waals surface area contributed by atoms with E-state index in [0.717, 1.165) is 10.8 Å². The summed E-state index contributed by atoms with van der Waals surface area (Å²) in [5, 5.41) is 21.9. The number of benzene rings is 1. The fraction of sp³-hybridized carbons (Fsp3) is 0.389. The van der Waals surface area contributed by atoms with Crippen molar-refractivity contribution in [2.24, 2.45) is 0 Å². The summed E-state index contributed by atoms with van der Waals surface area (Å²) in [6.07, 6.45) is -3.92. The van der Waals surface area contributed by atoms with Crippen LogP contribution in [-0.4, -0.2) is 51.1 Å². The van der Waals surface area contributed by atoms with Gasteiger partial charge in [-0.05, 0) is 24.6 Å². The molecule has 9 nitrogen and oxygen atoms in total. The van der Waals surface area contributed by atoms with E-state index in [0.29, 0.717) is 11.3 Å². The molecule has 1 fully saturated rings. The van der Waals surface area contributed by atoms with E-state index in [1.165, 1.54) is 14.0 Å². The molecule has 0 bridgehead atoms. The normalized spacial score (nSPS) is 24.2. The Hall–Kier alpha value is -2.82. The Morgan fingerprint density at radius 2 is 2.00 bits per heavy atom. The lowest BCUT2D eigenvalue weighted by molar-refractivity contribution is -0.115. The number of methoxy groups -OCH3 is 1. The van der Waals surface area contributed by atoms with Crippen molar-refractivity contribution >= 4 is 11.7 Å². The van der Waals surface area contributed by atoms with Crippen molar-refractivity contribution in [1.29, 1.82) is 0 Å². The van der Waals surface area contributed by atoms with Crippen molar-refractivity contribution in [3.8, 4) is 5.75 Å². The van der Waals surface area contributed by atoms with Crippen LogP contribution in [-0.2, 0) is 16.0 Å². The first-order valence-corrected chi connectivity index (χ1v) is 8.53. The summed E-state index contributed by atoms with van der Waals surface area (Å²) in [6, 6.07) is 6.74. The molecule has 2 aromatic rings. The average molecular weight is 393 g/mol. The smallest absolute Gasteiger partial charge is 0.351 e. The number of anilines is 1. The molecule has 0 radical (unpaired) electrons. The van der Waals surface area contributed by atoms with Crippen LogP contribution in [0.15, 0.2) is 35.3 Å².